The molecule has 3 nitrogen and oxygen atoms in total. The highest BCUT2D eigenvalue weighted by Gasteiger charge is 2.50. The second-order valence-electron chi connectivity index (χ2n) is 7.70. The molecule has 0 saturated carbocycles. The van der Waals surface area contributed by atoms with Crippen LogP contribution in [0, 0.1) is 0 Å². The van der Waals surface area contributed by atoms with Gasteiger partial charge in [-0.1, -0.05) is 81.4 Å². The summed E-state index contributed by atoms with van der Waals surface area (Å²) in [6.07, 6.45) is 0. The SMILES string of the molecule is CC(C)(C)[Si](OCC1COCCN1)(c1ccccc1)c1ccccc1. The van der Waals surface area contributed by atoms with E-state index in [0.717, 1.165) is 19.8 Å². The lowest BCUT2D eigenvalue weighted by atomic mass is 10.2. The summed E-state index contributed by atoms with van der Waals surface area (Å²) in [5, 5.41) is 6.19. The van der Waals surface area contributed by atoms with Gasteiger partial charge in [-0.2, -0.15) is 0 Å². The molecule has 0 bridgehead atoms. The molecule has 2 aromatic carbocycles. The van der Waals surface area contributed by atoms with E-state index < -0.39 is 8.32 Å². The van der Waals surface area contributed by atoms with Crippen molar-refractivity contribution in [3.8, 4) is 0 Å². The van der Waals surface area contributed by atoms with E-state index in [2.05, 4.69) is 86.8 Å². The Kier molecular flexibility index (Phi) is 5.74. The van der Waals surface area contributed by atoms with Crippen LogP contribution >= 0.6 is 0 Å². The minimum absolute atomic E-state index is 0.0191. The number of hydrogen-bond donors (Lipinski definition) is 1. The minimum Gasteiger partial charge on any atom is -0.406 e. The van der Waals surface area contributed by atoms with Gasteiger partial charge in [-0.05, 0) is 15.4 Å². The van der Waals surface area contributed by atoms with Gasteiger partial charge in [-0.15, -0.1) is 0 Å². The molecule has 0 aromatic heterocycles. The highest BCUT2D eigenvalue weighted by atomic mass is 28.4. The average Bonchev–Trinajstić information content (AvgIpc) is 2.64. The molecule has 0 spiro atoms. The van der Waals surface area contributed by atoms with Crippen LogP contribution in [-0.4, -0.2) is 40.7 Å². The number of ether oxygens (including phenoxy) is 1. The third kappa shape index (κ3) is 3.87. The summed E-state index contributed by atoms with van der Waals surface area (Å²) < 4.78 is 12.5. The van der Waals surface area contributed by atoms with E-state index in [-0.39, 0.29) is 11.1 Å². The Hall–Kier alpha value is -1.46. The molecule has 1 aliphatic heterocycles. The Labute approximate surface area is 152 Å². The van der Waals surface area contributed by atoms with Gasteiger partial charge in [0, 0.05) is 6.54 Å². The van der Waals surface area contributed by atoms with Crippen molar-refractivity contribution in [1.82, 2.24) is 5.32 Å². The van der Waals surface area contributed by atoms with Crippen LogP contribution in [-0.2, 0) is 9.16 Å². The van der Waals surface area contributed by atoms with Crippen molar-refractivity contribution in [3.05, 3.63) is 60.7 Å². The monoisotopic (exact) mass is 355 g/mol. The van der Waals surface area contributed by atoms with E-state index in [0.29, 0.717) is 6.61 Å². The molecule has 0 radical (unpaired) electrons. The Morgan fingerprint density at radius 3 is 2.00 bits per heavy atom. The van der Waals surface area contributed by atoms with Gasteiger partial charge in [0.2, 0.25) is 0 Å². The van der Waals surface area contributed by atoms with Crippen LogP contribution in [0.1, 0.15) is 20.8 Å². The maximum atomic E-state index is 6.90. The van der Waals surface area contributed by atoms with E-state index in [1.807, 2.05) is 0 Å². The molecule has 3 rings (SSSR count). The molecule has 1 N–H and O–H groups in total. The van der Waals surface area contributed by atoms with E-state index in [1.165, 1.54) is 10.4 Å². The molecule has 1 unspecified atom stereocenters. The van der Waals surface area contributed by atoms with Gasteiger partial charge < -0.3 is 14.5 Å². The van der Waals surface area contributed by atoms with Crippen molar-refractivity contribution < 1.29 is 9.16 Å². The number of rotatable bonds is 5. The molecule has 1 aliphatic rings. The predicted octanol–water partition coefficient (Wildman–Crippen LogP) is 2.55. The fourth-order valence-electron chi connectivity index (χ4n) is 3.71. The molecule has 1 fully saturated rings. The molecule has 1 saturated heterocycles. The first-order valence-corrected chi connectivity index (χ1v) is 11.0. The normalized spacial score (nSPS) is 18.9. The highest BCUT2D eigenvalue weighted by Crippen LogP contribution is 2.36. The lowest BCUT2D eigenvalue weighted by molar-refractivity contribution is 0.0576. The van der Waals surface area contributed by atoms with Crippen LogP contribution in [0.2, 0.25) is 5.04 Å². The van der Waals surface area contributed by atoms with E-state index >= 15 is 0 Å². The van der Waals surface area contributed by atoms with Crippen molar-refractivity contribution in [2.24, 2.45) is 0 Å². The van der Waals surface area contributed by atoms with Gasteiger partial charge in [-0.3, -0.25) is 0 Å². The van der Waals surface area contributed by atoms with Crippen molar-refractivity contribution in [1.29, 1.82) is 0 Å². The maximum Gasteiger partial charge on any atom is 0.261 e. The summed E-state index contributed by atoms with van der Waals surface area (Å²) in [6.45, 7) is 10.0. The second-order valence-corrected chi connectivity index (χ2v) is 12.0. The molecule has 0 amide bonds. The molecule has 1 heterocycles. The second kappa shape index (κ2) is 7.83. The first-order valence-electron chi connectivity index (χ1n) is 9.10. The highest BCUT2D eigenvalue weighted by molar-refractivity contribution is 6.99. The molecule has 1 atom stereocenters. The smallest absolute Gasteiger partial charge is 0.261 e. The minimum atomic E-state index is -2.43. The van der Waals surface area contributed by atoms with Gasteiger partial charge >= 0.3 is 0 Å². The number of benzene rings is 2. The van der Waals surface area contributed by atoms with Gasteiger partial charge in [0.05, 0.1) is 25.9 Å². The van der Waals surface area contributed by atoms with Gasteiger partial charge in [0.15, 0.2) is 0 Å². The zero-order valence-electron chi connectivity index (χ0n) is 15.5. The van der Waals surface area contributed by atoms with E-state index in [9.17, 15) is 0 Å². The van der Waals surface area contributed by atoms with Crippen molar-refractivity contribution in [3.63, 3.8) is 0 Å². The Morgan fingerprint density at radius 1 is 1.00 bits per heavy atom. The third-order valence-electron chi connectivity index (χ3n) is 4.92. The van der Waals surface area contributed by atoms with Crippen LogP contribution in [0.4, 0.5) is 0 Å². The van der Waals surface area contributed by atoms with Crippen LogP contribution in [0.25, 0.3) is 0 Å². The number of morpholine rings is 1. The summed E-state index contributed by atoms with van der Waals surface area (Å²) in [6, 6.07) is 21.8. The van der Waals surface area contributed by atoms with Crippen LogP contribution < -0.4 is 15.7 Å². The number of hydrogen-bond acceptors (Lipinski definition) is 3. The number of nitrogens with one attached hydrogen (secondary N) is 1. The van der Waals surface area contributed by atoms with Crippen molar-refractivity contribution in [2.45, 2.75) is 31.9 Å². The molecular formula is C21H29NO2Si. The molecule has 0 aliphatic carbocycles. The predicted molar refractivity (Wildman–Crippen MR) is 106 cm³/mol. The van der Waals surface area contributed by atoms with Crippen molar-refractivity contribution >= 4 is 18.7 Å². The third-order valence-corrected chi connectivity index (χ3v) is 9.92. The van der Waals surface area contributed by atoms with Gasteiger partial charge in [-0.25, -0.2) is 0 Å². The summed E-state index contributed by atoms with van der Waals surface area (Å²) >= 11 is 0. The van der Waals surface area contributed by atoms with E-state index in [1.54, 1.807) is 0 Å². The molecule has 2 aromatic rings. The quantitative estimate of drug-likeness (QED) is 0.836. The largest absolute Gasteiger partial charge is 0.406 e. The molecule has 134 valence electrons. The zero-order chi connectivity index (χ0) is 17.8. The average molecular weight is 356 g/mol. The Bertz CT molecular complexity index is 609. The first-order chi connectivity index (χ1) is 12.0. The lowest BCUT2D eigenvalue weighted by Crippen LogP contribution is -2.67. The molecular weight excluding hydrogens is 326 g/mol. The fraction of sp³-hybridized carbons (Fsp3) is 0.429. The molecule has 25 heavy (non-hydrogen) atoms. The van der Waals surface area contributed by atoms with E-state index in [4.69, 9.17) is 9.16 Å². The standard InChI is InChI=1S/C21H29NO2Si/c1-21(2,3)25(19-10-6-4-7-11-19,20-12-8-5-9-13-20)24-17-18-16-23-15-14-22-18/h4-13,18,22H,14-17H2,1-3H3. The van der Waals surface area contributed by atoms with Crippen molar-refractivity contribution in [2.75, 3.05) is 26.4 Å². The molecule has 4 heteroatoms. The first kappa shape index (κ1) is 18.3. The van der Waals surface area contributed by atoms with Gasteiger partial charge in [0.1, 0.15) is 0 Å². The summed E-state index contributed by atoms with van der Waals surface area (Å²) in [4.78, 5) is 0. The summed E-state index contributed by atoms with van der Waals surface area (Å²) in [7, 11) is -2.43. The summed E-state index contributed by atoms with van der Waals surface area (Å²) in [5.74, 6) is 0. The summed E-state index contributed by atoms with van der Waals surface area (Å²) in [5.41, 5.74) is 0. The van der Waals surface area contributed by atoms with Crippen LogP contribution in [0.3, 0.4) is 0 Å². The lowest BCUT2D eigenvalue weighted by Gasteiger charge is -2.44. The Morgan fingerprint density at radius 2 is 1.56 bits per heavy atom. The van der Waals surface area contributed by atoms with Crippen LogP contribution in [0.5, 0.6) is 0 Å². The van der Waals surface area contributed by atoms with Crippen LogP contribution in [0.15, 0.2) is 60.7 Å². The topological polar surface area (TPSA) is 30.5 Å². The maximum absolute atomic E-state index is 6.90. The zero-order valence-corrected chi connectivity index (χ0v) is 16.5. The van der Waals surface area contributed by atoms with Gasteiger partial charge in [0.25, 0.3) is 8.32 Å². The fourth-order valence-corrected chi connectivity index (χ4v) is 8.32. The Balaban J connectivity index is 2.02.